The first-order valence-electron chi connectivity index (χ1n) is 19.2. The van der Waals surface area contributed by atoms with Gasteiger partial charge in [-0.05, 0) is 62.8 Å². The fourth-order valence-corrected chi connectivity index (χ4v) is 6.65. The number of benzene rings is 7. The van der Waals surface area contributed by atoms with E-state index in [0.29, 0.717) is 70.6 Å². The molecule has 304 valence electrons. The zero-order valence-electron chi connectivity index (χ0n) is 33.6. The van der Waals surface area contributed by atoms with Crippen molar-refractivity contribution in [3.05, 3.63) is 213 Å². The number of hydrogen-bond acceptors (Lipinski definition) is 8. The normalized spacial score (nSPS) is 10.4. The van der Waals surface area contributed by atoms with Gasteiger partial charge in [-0.2, -0.15) is 0 Å². The first kappa shape index (κ1) is 42.8. The van der Waals surface area contributed by atoms with Crippen LogP contribution in [-0.2, 0) is 35.9 Å². The lowest BCUT2D eigenvalue weighted by Gasteiger charge is -2.17. The number of ether oxygens (including phenoxy) is 6. The van der Waals surface area contributed by atoms with E-state index in [0.717, 1.165) is 33.4 Å². The van der Waals surface area contributed by atoms with Crippen molar-refractivity contribution in [3.8, 4) is 34.1 Å². The molecule has 0 heterocycles. The van der Waals surface area contributed by atoms with Crippen LogP contribution in [0.2, 0.25) is 0 Å². The Morgan fingerprint density at radius 2 is 0.817 bits per heavy atom. The van der Waals surface area contributed by atoms with Gasteiger partial charge in [-0.1, -0.05) is 151 Å². The Kier molecular flexibility index (Phi) is 15.5. The van der Waals surface area contributed by atoms with Crippen molar-refractivity contribution in [1.82, 2.24) is 0 Å². The zero-order chi connectivity index (χ0) is 42.1. The summed E-state index contributed by atoms with van der Waals surface area (Å²) in [5, 5.41) is 0. The quantitative estimate of drug-likeness (QED) is 0.0942. The van der Waals surface area contributed by atoms with E-state index in [2.05, 4.69) is 15.9 Å². The van der Waals surface area contributed by atoms with E-state index in [1.807, 2.05) is 159 Å². The smallest absolute Gasteiger partial charge is 0.342 e. The van der Waals surface area contributed by atoms with Crippen LogP contribution in [0.3, 0.4) is 0 Å². The molecule has 0 N–H and O–H groups in total. The standard InChI is InChI=1S/C29H26O4.C22H19BrO4/c1-21-13-15-24(16-14-21)26-17-25(32-19-22-9-5-3-6-10-22)18-27(28(26)29(30)31-2)33-20-23-11-7-4-8-12-23;1-25-22(24)21-19(23)12-18(26-14-16-8-4-2-5-9-16)13-20(21)27-15-17-10-6-3-7-11-17/h3-18H,19-20H2,1-2H3;2-13H,14-15H2,1H3. The van der Waals surface area contributed by atoms with Crippen molar-refractivity contribution in [2.75, 3.05) is 14.2 Å². The van der Waals surface area contributed by atoms with E-state index in [4.69, 9.17) is 28.4 Å². The van der Waals surface area contributed by atoms with Gasteiger partial charge < -0.3 is 28.4 Å². The summed E-state index contributed by atoms with van der Waals surface area (Å²) in [5.74, 6) is 1.12. The molecule has 0 atom stereocenters. The molecular weight excluding hydrogens is 820 g/mol. The van der Waals surface area contributed by atoms with E-state index in [-0.39, 0.29) is 0 Å². The average Bonchev–Trinajstić information content (AvgIpc) is 3.30. The third-order valence-corrected chi connectivity index (χ3v) is 9.84. The Balaban J connectivity index is 0.000000205. The van der Waals surface area contributed by atoms with Gasteiger partial charge >= 0.3 is 11.9 Å². The Morgan fingerprint density at radius 3 is 1.23 bits per heavy atom. The number of aryl methyl sites for hydroxylation is 1. The Hall–Kier alpha value is -6.84. The predicted octanol–water partition coefficient (Wildman–Crippen LogP) is 12.0. The average molecular weight is 866 g/mol. The second kappa shape index (κ2) is 21.8. The number of methoxy groups -OCH3 is 2. The third kappa shape index (κ3) is 12.1. The monoisotopic (exact) mass is 864 g/mol. The van der Waals surface area contributed by atoms with Crippen LogP contribution >= 0.6 is 15.9 Å². The summed E-state index contributed by atoms with van der Waals surface area (Å²) in [7, 11) is 2.72. The van der Waals surface area contributed by atoms with Crippen LogP contribution in [0, 0.1) is 6.92 Å². The van der Waals surface area contributed by atoms with Crippen LogP contribution in [0.15, 0.2) is 174 Å². The fourth-order valence-electron chi connectivity index (χ4n) is 6.07. The maximum Gasteiger partial charge on any atom is 0.342 e. The number of esters is 2. The van der Waals surface area contributed by atoms with Crippen LogP contribution in [0.1, 0.15) is 48.5 Å². The van der Waals surface area contributed by atoms with E-state index >= 15 is 0 Å². The van der Waals surface area contributed by atoms with Crippen molar-refractivity contribution >= 4 is 27.9 Å². The van der Waals surface area contributed by atoms with Crippen LogP contribution < -0.4 is 18.9 Å². The lowest BCUT2D eigenvalue weighted by Crippen LogP contribution is -2.09. The molecule has 8 nitrogen and oxygen atoms in total. The van der Waals surface area contributed by atoms with Gasteiger partial charge in [0, 0.05) is 22.2 Å². The number of hydrogen-bond donors (Lipinski definition) is 0. The van der Waals surface area contributed by atoms with Gasteiger partial charge in [0.1, 0.15) is 60.6 Å². The number of carbonyl (C=O) groups excluding carboxylic acids is 2. The molecular formula is C51H45BrO8. The minimum Gasteiger partial charge on any atom is -0.489 e. The highest BCUT2D eigenvalue weighted by Gasteiger charge is 2.23. The molecule has 7 aromatic carbocycles. The van der Waals surface area contributed by atoms with E-state index < -0.39 is 11.9 Å². The molecule has 7 rings (SSSR count). The summed E-state index contributed by atoms with van der Waals surface area (Å²) in [6.45, 7) is 3.51. The summed E-state index contributed by atoms with van der Waals surface area (Å²) in [5.41, 5.74) is 7.54. The molecule has 0 amide bonds. The van der Waals surface area contributed by atoms with Crippen molar-refractivity contribution in [2.24, 2.45) is 0 Å². The number of rotatable bonds is 15. The minimum atomic E-state index is -0.473. The first-order chi connectivity index (χ1) is 29.3. The van der Waals surface area contributed by atoms with Gasteiger partial charge in [0.15, 0.2) is 0 Å². The molecule has 0 fully saturated rings. The van der Waals surface area contributed by atoms with Crippen LogP contribution in [0.5, 0.6) is 23.0 Å². The SMILES string of the molecule is COC(=O)c1c(Br)cc(OCc2ccccc2)cc1OCc1ccccc1.COC(=O)c1c(OCc2ccccc2)cc(OCc2ccccc2)cc1-c1ccc(C)cc1. The van der Waals surface area contributed by atoms with E-state index in [1.165, 1.54) is 14.2 Å². The van der Waals surface area contributed by atoms with Gasteiger partial charge in [0.05, 0.1) is 14.2 Å². The molecule has 0 aromatic heterocycles. The minimum absolute atomic E-state index is 0.320. The van der Waals surface area contributed by atoms with E-state index in [1.54, 1.807) is 18.2 Å². The van der Waals surface area contributed by atoms with Crippen molar-refractivity contribution in [3.63, 3.8) is 0 Å². The van der Waals surface area contributed by atoms with Crippen LogP contribution in [0.4, 0.5) is 0 Å². The van der Waals surface area contributed by atoms with Crippen molar-refractivity contribution < 1.29 is 38.0 Å². The highest BCUT2D eigenvalue weighted by molar-refractivity contribution is 9.10. The summed E-state index contributed by atoms with van der Waals surface area (Å²) in [6.07, 6.45) is 0. The van der Waals surface area contributed by atoms with Crippen molar-refractivity contribution in [2.45, 2.75) is 33.4 Å². The van der Waals surface area contributed by atoms with Gasteiger partial charge in [0.2, 0.25) is 0 Å². The third-order valence-electron chi connectivity index (χ3n) is 9.22. The molecule has 0 aliphatic heterocycles. The maximum atomic E-state index is 12.9. The van der Waals surface area contributed by atoms with E-state index in [9.17, 15) is 9.59 Å². The highest BCUT2D eigenvalue weighted by Crippen LogP contribution is 2.38. The summed E-state index contributed by atoms with van der Waals surface area (Å²) < 4.78 is 34.6. The molecule has 0 spiro atoms. The molecule has 0 aliphatic carbocycles. The number of carbonyl (C=O) groups is 2. The Labute approximate surface area is 359 Å². The lowest BCUT2D eigenvalue weighted by molar-refractivity contribution is 0.0586. The second-order valence-electron chi connectivity index (χ2n) is 13.6. The first-order valence-corrected chi connectivity index (χ1v) is 20.0. The van der Waals surface area contributed by atoms with Crippen molar-refractivity contribution in [1.29, 1.82) is 0 Å². The predicted molar refractivity (Wildman–Crippen MR) is 237 cm³/mol. The molecule has 0 unspecified atom stereocenters. The van der Waals surface area contributed by atoms with Gasteiger partial charge in [0.25, 0.3) is 0 Å². The summed E-state index contributed by atoms with van der Waals surface area (Å²) >= 11 is 3.43. The lowest BCUT2D eigenvalue weighted by atomic mass is 9.97. The fraction of sp³-hybridized carbons (Fsp3) is 0.137. The Morgan fingerprint density at radius 1 is 0.450 bits per heavy atom. The molecule has 0 radical (unpaired) electrons. The molecule has 0 aliphatic rings. The van der Waals surface area contributed by atoms with Gasteiger partial charge in [-0.15, -0.1) is 0 Å². The maximum absolute atomic E-state index is 12.9. The molecule has 7 aromatic rings. The van der Waals surface area contributed by atoms with Crippen LogP contribution in [0.25, 0.3) is 11.1 Å². The largest absolute Gasteiger partial charge is 0.489 e. The van der Waals surface area contributed by atoms with Gasteiger partial charge in [-0.3, -0.25) is 0 Å². The second-order valence-corrected chi connectivity index (χ2v) is 14.4. The molecule has 0 saturated heterocycles. The molecule has 0 bridgehead atoms. The van der Waals surface area contributed by atoms with Gasteiger partial charge in [-0.25, -0.2) is 9.59 Å². The summed E-state index contributed by atoms with van der Waals surface area (Å²) in [4.78, 5) is 25.0. The Bertz CT molecular complexity index is 2440. The topological polar surface area (TPSA) is 89.5 Å². The highest BCUT2D eigenvalue weighted by atomic mass is 79.9. The summed E-state index contributed by atoms with van der Waals surface area (Å²) in [6, 6.07) is 54.5. The molecule has 0 saturated carbocycles. The molecule has 60 heavy (non-hydrogen) atoms. The number of halogens is 1. The zero-order valence-corrected chi connectivity index (χ0v) is 35.2. The van der Waals surface area contributed by atoms with Crippen LogP contribution in [-0.4, -0.2) is 26.2 Å². The molecule has 9 heteroatoms.